The Labute approximate surface area is 137 Å². The SMILES string of the molecule is CCc1cccc(CC)c1NC(=O)c1ccccc1.I. The monoisotopic (exact) mass is 381 g/mol. The summed E-state index contributed by atoms with van der Waals surface area (Å²) in [6.45, 7) is 4.21. The van der Waals surface area contributed by atoms with Gasteiger partial charge in [-0.3, -0.25) is 4.79 Å². The largest absolute Gasteiger partial charge is 0.321 e. The van der Waals surface area contributed by atoms with E-state index in [1.54, 1.807) is 0 Å². The van der Waals surface area contributed by atoms with Gasteiger partial charge in [0.2, 0.25) is 0 Å². The van der Waals surface area contributed by atoms with Crippen LogP contribution in [0.1, 0.15) is 35.3 Å². The molecule has 0 spiro atoms. The summed E-state index contributed by atoms with van der Waals surface area (Å²) in [5.41, 5.74) is 4.03. The highest BCUT2D eigenvalue weighted by atomic mass is 127. The smallest absolute Gasteiger partial charge is 0.255 e. The molecule has 0 aliphatic rings. The minimum atomic E-state index is -0.0452. The topological polar surface area (TPSA) is 29.1 Å². The molecule has 0 bridgehead atoms. The van der Waals surface area contributed by atoms with E-state index in [1.165, 1.54) is 11.1 Å². The van der Waals surface area contributed by atoms with E-state index in [9.17, 15) is 4.79 Å². The molecule has 1 N–H and O–H groups in total. The van der Waals surface area contributed by atoms with Crippen molar-refractivity contribution in [3.63, 3.8) is 0 Å². The summed E-state index contributed by atoms with van der Waals surface area (Å²) >= 11 is 0. The lowest BCUT2D eigenvalue weighted by atomic mass is 10.0. The zero-order valence-electron chi connectivity index (χ0n) is 11.8. The Morgan fingerprint density at radius 1 is 0.900 bits per heavy atom. The molecule has 106 valence electrons. The van der Waals surface area contributed by atoms with Crippen LogP contribution in [0.2, 0.25) is 0 Å². The average molecular weight is 381 g/mol. The summed E-state index contributed by atoms with van der Waals surface area (Å²) < 4.78 is 0. The first-order valence-electron chi connectivity index (χ1n) is 6.73. The molecule has 0 radical (unpaired) electrons. The minimum Gasteiger partial charge on any atom is -0.321 e. The molecule has 0 saturated heterocycles. The molecule has 0 heterocycles. The van der Waals surface area contributed by atoms with Crippen molar-refractivity contribution in [2.24, 2.45) is 0 Å². The van der Waals surface area contributed by atoms with Crippen LogP contribution in [-0.2, 0) is 12.8 Å². The summed E-state index contributed by atoms with van der Waals surface area (Å²) in [6, 6.07) is 15.5. The predicted molar refractivity (Wildman–Crippen MR) is 95.0 cm³/mol. The maximum atomic E-state index is 12.2. The van der Waals surface area contributed by atoms with E-state index in [4.69, 9.17) is 0 Å². The Balaban J connectivity index is 0.00000200. The number of nitrogens with one attached hydrogen (secondary N) is 1. The van der Waals surface area contributed by atoms with E-state index in [0.717, 1.165) is 18.5 Å². The quantitative estimate of drug-likeness (QED) is 0.766. The summed E-state index contributed by atoms with van der Waals surface area (Å²) in [7, 11) is 0. The number of carbonyl (C=O) groups excluding carboxylic acids is 1. The standard InChI is InChI=1S/C17H19NO.HI/c1-3-13-11-8-12-14(4-2)16(13)18-17(19)15-9-6-5-7-10-15;/h5-12H,3-4H2,1-2H3,(H,18,19);1H. The normalized spacial score (nSPS) is 9.70. The molecular formula is C17H20INO. The molecule has 0 unspecified atom stereocenters. The third-order valence-electron chi connectivity index (χ3n) is 3.27. The Morgan fingerprint density at radius 2 is 1.45 bits per heavy atom. The van der Waals surface area contributed by atoms with Crippen molar-refractivity contribution in [2.45, 2.75) is 26.7 Å². The lowest BCUT2D eigenvalue weighted by Crippen LogP contribution is -2.14. The van der Waals surface area contributed by atoms with Gasteiger partial charge in [-0.25, -0.2) is 0 Å². The van der Waals surface area contributed by atoms with Crippen LogP contribution >= 0.6 is 24.0 Å². The van der Waals surface area contributed by atoms with Crippen LogP contribution in [0, 0.1) is 0 Å². The van der Waals surface area contributed by atoms with Gasteiger partial charge in [-0.05, 0) is 36.1 Å². The van der Waals surface area contributed by atoms with Gasteiger partial charge < -0.3 is 5.32 Å². The third kappa shape index (κ3) is 3.82. The third-order valence-corrected chi connectivity index (χ3v) is 3.27. The van der Waals surface area contributed by atoms with Gasteiger partial charge in [0.25, 0.3) is 5.91 Å². The van der Waals surface area contributed by atoms with Gasteiger partial charge in [0.05, 0.1) is 0 Å². The molecule has 0 aromatic heterocycles. The Hall–Kier alpha value is -1.36. The number of carbonyl (C=O) groups is 1. The zero-order chi connectivity index (χ0) is 13.7. The number of halogens is 1. The molecule has 3 heteroatoms. The minimum absolute atomic E-state index is 0. The molecule has 0 saturated carbocycles. The summed E-state index contributed by atoms with van der Waals surface area (Å²) in [6.07, 6.45) is 1.83. The first-order valence-corrected chi connectivity index (χ1v) is 6.73. The Bertz CT molecular complexity index is 544. The van der Waals surface area contributed by atoms with Crippen LogP contribution < -0.4 is 5.32 Å². The van der Waals surface area contributed by atoms with Crippen molar-refractivity contribution in [2.75, 3.05) is 5.32 Å². The molecule has 1 amide bonds. The summed E-state index contributed by atoms with van der Waals surface area (Å²) in [5, 5.41) is 3.06. The van der Waals surface area contributed by atoms with Crippen molar-refractivity contribution in [3.05, 3.63) is 65.2 Å². The summed E-state index contributed by atoms with van der Waals surface area (Å²) in [4.78, 5) is 12.2. The second-order valence-electron chi connectivity index (χ2n) is 4.48. The van der Waals surface area contributed by atoms with Crippen LogP contribution in [0.5, 0.6) is 0 Å². The van der Waals surface area contributed by atoms with Gasteiger partial charge in [0.15, 0.2) is 0 Å². The molecule has 2 aromatic rings. The highest BCUT2D eigenvalue weighted by molar-refractivity contribution is 14.0. The van der Waals surface area contributed by atoms with E-state index in [0.29, 0.717) is 5.56 Å². The maximum absolute atomic E-state index is 12.2. The fourth-order valence-electron chi connectivity index (χ4n) is 2.18. The van der Waals surface area contributed by atoms with Gasteiger partial charge in [0.1, 0.15) is 0 Å². The number of hydrogen-bond acceptors (Lipinski definition) is 1. The van der Waals surface area contributed by atoms with Crippen molar-refractivity contribution >= 4 is 35.6 Å². The molecule has 2 nitrogen and oxygen atoms in total. The summed E-state index contributed by atoms with van der Waals surface area (Å²) in [5.74, 6) is -0.0452. The molecule has 0 fully saturated rings. The second kappa shape index (κ2) is 8.04. The van der Waals surface area contributed by atoms with Gasteiger partial charge in [-0.1, -0.05) is 50.2 Å². The molecule has 0 aliphatic carbocycles. The van der Waals surface area contributed by atoms with E-state index >= 15 is 0 Å². The number of para-hydroxylation sites is 1. The van der Waals surface area contributed by atoms with E-state index in [1.807, 2.05) is 30.3 Å². The highest BCUT2D eigenvalue weighted by Gasteiger charge is 2.11. The van der Waals surface area contributed by atoms with Crippen LogP contribution in [0.15, 0.2) is 48.5 Å². The molecule has 2 aromatic carbocycles. The van der Waals surface area contributed by atoms with Crippen molar-refractivity contribution in [1.82, 2.24) is 0 Å². The number of rotatable bonds is 4. The van der Waals surface area contributed by atoms with Crippen LogP contribution in [0.4, 0.5) is 5.69 Å². The average Bonchev–Trinajstić information content (AvgIpc) is 2.48. The molecule has 20 heavy (non-hydrogen) atoms. The van der Waals surface area contributed by atoms with Gasteiger partial charge >= 0.3 is 0 Å². The van der Waals surface area contributed by atoms with Crippen molar-refractivity contribution < 1.29 is 4.79 Å². The molecule has 0 atom stereocenters. The Morgan fingerprint density at radius 3 is 1.95 bits per heavy atom. The maximum Gasteiger partial charge on any atom is 0.255 e. The van der Waals surface area contributed by atoms with E-state index in [-0.39, 0.29) is 29.9 Å². The lowest BCUT2D eigenvalue weighted by Gasteiger charge is -2.14. The number of benzene rings is 2. The zero-order valence-corrected chi connectivity index (χ0v) is 14.2. The number of amides is 1. The molecular weight excluding hydrogens is 361 g/mol. The first kappa shape index (κ1) is 16.7. The number of anilines is 1. The fraction of sp³-hybridized carbons (Fsp3) is 0.235. The molecule has 2 rings (SSSR count). The lowest BCUT2D eigenvalue weighted by molar-refractivity contribution is 0.102. The van der Waals surface area contributed by atoms with E-state index < -0.39 is 0 Å². The van der Waals surface area contributed by atoms with Crippen molar-refractivity contribution in [3.8, 4) is 0 Å². The van der Waals surface area contributed by atoms with E-state index in [2.05, 4.69) is 37.4 Å². The number of aryl methyl sites for hydroxylation is 2. The van der Waals surface area contributed by atoms with Crippen LogP contribution in [0.3, 0.4) is 0 Å². The van der Waals surface area contributed by atoms with Crippen molar-refractivity contribution in [1.29, 1.82) is 0 Å². The number of hydrogen-bond donors (Lipinski definition) is 1. The predicted octanol–water partition coefficient (Wildman–Crippen LogP) is 4.68. The van der Waals surface area contributed by atoms with Gasteiger partial charge in [-0.2, -0.15) is 0 Å². The molecule has 0 aliphatic heterocycles. The van der Waals surface area contributed by atoms with Crippen LogP contribution in [-0.4, -0.2) is 5.91 Å². The first-order chi connectivity index (χ1) is 9.26. The second-order valence-corrected chi connectivity index (χ2v) is 4.48. The fourth-order valence-corrected chi connectivity index (χ4v) is 2.18. The van der Waals surface area contributed by atoms with Gasteiger partial charge in [0, 0.05) is 11.3 Å². The van der Waals surface area contributed by atoms with Gasteiger partial charge in [-0.15, -0.1) is 24.0 Å². The highest BCUT2D eigenvalue weighted by Crippen LogP contribution is 2.23. The Kier molecular flexibility index (Phi) is 6.71. The van der Waals surface area contributed by atoms with Crippen LogP contribution in [0.25, 0.3) is 0 Å².